The molecule has 0 aromatic heterocycles. The molecule has 0 unspecified atom stereocenters. The highest BCUT2D eigenvalue weighted by molar-refractivity contribution is 5.93. The van der Waals surface area contributed by atoms with Crippen LogP contribution in [-0.4, -0.2) is 46.2 Å². The number of rotatable bonds is 5. The lowest BCUT2D eigenvalue weighted by molar-refractivity contribution is -0.140. The maximum atomic E-state index is 13.3. The molecule has 7 nitrogen and oxygen atoms in total. The number of aliphatic carboxylic acids is 2. The van der Waals surface area contributed by atoms with E-state index < -0.39 is 54.2 Å². The number of carboxylic acids is 2. The average Bonchev–Trinajstić information content (AvgIpc) is 2.37. The number of hydrogen-bond donors (Lipinski definition) is 3. The molecule has 0 radical (unpaired) electrons. The molecule has 114 valence electrons. The van der Waals surface area contributed by atoms with Gasteiger partial charge in [-0.2, -0.15) is 0 Å². The van der Waals surface area contributed by atoms with Crippen molar-refractivity contribution in [2.75, 3.05) is 18.4 Å². The zero-order chi connectivity index (χ0) is 16.2. The number of benzene rings is 1. The molecule has 0 spiro atoms. The van der Waals surface area contributed by atoms with Gasteiger partial charge in [0.2, 0.25) is 0 Å². The minimum absolute atomic E-state index is 0.339. The van der Waals surface area contributed by atoms with Gasteiger partial charge in [-0.15, -0.1) is 0 Å². The summed E-state index contributed by atoms with van der Waals surface area (Å²) in [5, 5.41) is 18.9. The van der Waals surface area contributed by atoms with Crippen LogP contribution in [0.5, 0.6) is 0 Å². The minimum atomic E-state index is -1.82. The van der Waals surface area contributed by atoms with E-state index in [1.165, 1.54) is 0 Å². The predicted octanol–water partition coefficient (Wildman–Crippen LogP) is 1.11. The number of urea groups is 1. The van der Waals surface area contributed by atoms with E-state index in [1.807, 2.05) is 0 Å². The quantitative estimate of drug-likeness (QED) is 0.706. The maximum absolute atomic E-state index is 13.3. The Kier molecular flexibility index (Phi) is 5.11. The van der Waals surface area contributed by atoms with Gasteiger partial charge in [0.1, 0.15) is 13.1 Å². The molecule has 1 rings (SSSR count). The summed E-state index contributed by atoms with van der Waals surface area (Å²) in [5.74, 6) is -7.99. The second-order valence-corrected chi connectivity index (χ2v) is 3.80. The van der Waals surface area contributed by atoms with E-state index in [2.05, 4.69) is 0 Å². The molecule has 0 atom stereocenters. The number of halogens is 3. The molecule has 10 heteroatoms. The molecule has 1 aromatic carbocycles. The molecule has 21 heavy (non-hydrogen) atoms. The average molecular weight is 306 g/mol. The topological polar surface area (TPSA) is 107 Å². The Bertz CT molecular complexity index is 577. The summed E-state index contributed by atoms with van der Waals surface area (Å²) >= 11 is 0. The maximum Gasteiger partial charge on any atom is 0.323 e. The number of carboxylic acid groups (broad SMARTS) is 2. The van der Waals surface area contributed by atoms with Crippen molar-refractivity contribution in [3.8, 4) is 0 Å². The standard InChI is InChI=1S/C11H9F3N2O5/c12-5-1-2-6(10(14)9(5)13)15-11(21)16(3-7(17)18)4-8(19)20/h1-2H,3-4H2,(H,15,21)(H,17,18)(H,19,20). The summed E-state index contributed by atoms with van der Waals surface area (Å²) in [6, 6.07) is -0.0253. The summed E-state index contributed by atoms with van der Waals surface area (Å²) in [6.45, 7) is -1.94. The van der Waals surface area contributed by atoms with E-state index >= 15 is 0 Å². The highest BCUT2D eigenvalue weighted by Gasteiger charge is 2.22. The molecular formula is C11H9F3N2O5. The number of anilines is 1. The van der Waals surface area contributed by atoms with E-state index in [0.29, 0.717) is 17.0 Å². The lowest BCUT2D eigenvalue weighted by atomic mass is 10.3. The van der Waals surface area contributed by atoms with Crippen LogP contribution in [0.1, 0.15) is 0 Å². The zero-order valence-electron chi connectivity index (χ0n) is 10.3. The first-order valence-corrected chi connectivity index (χ1v) is 5.35. The number of nitrogens with zero attached hydrogens (tertiary/aromatic N) is 1. The second-order valence-electron chi connectivity index (χ2n) is 3.80. The monoisotopic (exact) mass is 306 g/mol. The van der Waals surface area contributed by atoms with Crippen LogP contribution in [0, 0.1) is 17.5 Å². The van der Waals surface area contributed by atoms with Crippen molar-refractivity contribution in [1.82, 2.24) is 4.90 Å². The number of carbonyl (C=O) groups excluding carboxylic acids is 1. The summed E-state index contributed by atoms with van der Waals surface area (Å²) in [7, 11) is 0. The third kappa shape index (κ3) is 4.37. The van der Waals surface area contributed by atoms with Gasteiger partial charge >= 0.3 is 18.0 Å². The van der Waals surface area contributed by atoms with Crippen LogP contribution in [0.4, 0.5) is 23.7 Å². The largest absolute Gasteiger partial charge is 0.480 e. The van der Waals surface area contributed by atoms with Crippen LogP contribution in [0.2, 0.25) is 0 Å². The van der Waals surface area contributed by atoms with Gasteiger partial charge in [0.25, 0.3) is 0 Å². The Morgan fingerprint density at radius 1 is 1.00 bits per heavy atom. The van der Waals surface area contributed by atoms with Crippen LogP contribution >= 0.6 is 0 Å². The zero-order valence-corrected chi connectivity index (χ0v) is 10.3. The Morgan fingerprint density at radius 2 is 1.52 bits per heavy atom. The lowest BCUT2D eigenvalue weighted by Crippen LogP contribution is -2.42. The van der Waals surface area contributed by atoms with Crippen molar-refractivity contribution in [3.05, 3.63) is 29.6 Å². The first-order valence-electron chi connectivity index (χ1n) is 5.35. The smallest absolute Gasteiger partial charge is 0.323 e. The van der Waals surface area contributed by atoms with Crippen LogP contribution in [-0.2, 0) is 9.59 Å². The first kappa shape index (κ1) is 16.3. The Hall–Kier alpha value is -2.78. The van der Waals surface area contributed by atoms with Crippen molar-refractivity contribution < 1.29 is 37.8 Å². The molecule has 0 saturated heterocycles. The summed E-state index contributed by atoms with van der Waals surface area (Å²) in [5.41, 5.74) is -0.750. The van der Waals surface area contributed by atoms with E-state index in [1.54, 1.807) is 5.32 Å². The predicted molar refractivity (Wildman–Crippen MR) is 62.2 cm³/mol. The van der Waals surface area contributed by atoms with Gasteiger partial charge in [0, 0.05) is 0 Å². The highest BCUT2D eigenvalue weighted by atomic mass is 19.2. The molecule has 1 aromatic rings. The lowest BCUT2D eigenvalue weighted by Gasteiger charge is -2.19. The van der Waals surface area contributed by atoms with Crippen LogP contribution < -0.4 is 5.32 Å². The Labute approximate surface area is 115 Å². The summed E-state index contributed by atoms with van der Waals surface area (Å²) in [4.78, 5) is 33.0. The van der Waals surface area contributed by atoms with E-state index in [9.17, 15) is 27.6 Å². The summed E-state index contributed by atoms with van der Waals surface area (Å²) < 4.78 is 39.0. The first-order chi connectivity index (χ1) is 9.72. The van der Waals surface area contributed by atoms with Crippen LogP contribution in [0.25, 0.3) is 0 Å². The SMILES string of the molecule is O=C(O)CN(CC(=O)O)C(=O)Nc1ccc(F)c(F)c1F. The third-order valence-electron chi connectivity index (χ3n) is 2.22. The molecule has 0 saturated carbocycles. The van der Waals surface area contributed by atoms with Gasteiger partial charge in [-0.05, 0) is 12.1 Å². The Balaban J connectivity index is 2.93. The van der Waals surface area contributed by atoms with Crippen molar-refractivity contribution in [1.29, 1.82) is 0 Å². The number of hydrogen-bond acceptors (Lipinski definition) is 3. The van der Waals surface area contributed by atoms with Gasteiger partial charge in [-0.25, -0.2) is 18.0 Å². The minimum Gasteiger partial charge on any atom is -0.480 e. The molecular weight excluding hydrogens is 297 g/mol. The van der Waals surface area contributed by atoms with Crippen LogP contribution in [0.15, 0.2) is 12.1 Å². The molecule has 2 amide bonds. The summed E-state index contributed by atoms with van der Waals surface area (Å²) in [6.07, 6.45) is 0. The van der Waals surface area contributed by atoms with Gasteiger partial charge in [-0.3, -0.25) is 9.59 Å². The number of nitrogens with one attached hydrogen (secondary N) is 1. The van der Waals surface area contributed by atoms with Gasteiger partial charge in [0.05, 0.1) is 5.69 Å². The van der Waals surface area contributed by atoms with E-state index in [4.69, 9.17) is 10.2 Å². The van der Waals surface area contributed by atoms with Gasteiger partial charge in [0.15, 0.2) is 17.5 Å². The molecule has 0 heterocycles. The molecule has 0 bridgehead atoms. The number of amides is 2. The van der Waals surface area contributed by atoms with Crippen molar-refractivity contribution in [2.24, 2.45) is 0 Å². The Morgan fingerprint density at radius 3 is 2.00 bits per heavy atom. The van der Waals surface area contributed by atoms with Gasteiger partial charge in [-0.1, -0.05) is 0 Å². The van der Waals surface area contributed by atoms with E-state index in [0.717, 1.165) is 0 Å². The molecule has 0 aliphatic rings. The van der Waals surface area contributed by atoms with Crippen molar-refractivity contribution in [3.63, 3.8) is 0 Å². The fraction of sp³-hybridized carbons (Fsp3) is 0.182. The van der Waals surface area contributed by atoms with Gasteiger partial charge < -0.3 is 20.4 Å². The number of carbonyl (C=O) groups is 3. The van der Waals surface area contributed by atoms with Crippen LogP contribution in [0.3, 0.4) is 0 Å². The fourth-order valence-corrected chi connectivity index (χ4v) is 1.34. The third-order valence-corrected chi connectivity index (χ3v) is 2.22. The fourth-order valence-electron chi connectivity index (χ4n) is 1.34. The normalized spacial score (nSPS) is 10.0. The van der Waals surface area contributed by atoms with Crippen molar-refractivity contribution in [2.45, 2.75) is 0 Å². The highest BCUT2D eigenvalue weighted by Crippen LogP contribution is 2.19. The molecule has 0 aliphatic carbocycles. The van der Waals surface area contributed by atoms with E-state index in [-0.39, 0.29) is 0 Å². The molecule has 0 aliphatic heterocycles. The second kappa shape index (κ2) is 6.59. The molecule has 3 N–H and O–H groups in total. The molecule has 0 fully saturated rings. The van der Waals surface area contributed by atoms with Crippen molar-refractivity contribution >= 4 is 23.7 Å².